The number of hydrogen-bond acceptors (Lipinski definition) is 3. The van der Waals surface area contributed by atoms with Crippen LogP contribution in [0.25, 0.3) is 0 Å². The van der Waals surface area contributed by atoms with E-state index in [0.717, 1.165) is 6.20 Å². The maximum atomic E-state index is 11.9. The van der Waals surface area contributed by atoms with Crippen LogP contribution in [0.1, 0.15) is 18.2 Å². The van der Waals surface area contributed by atoms with E-state index in [1.54, 1.807) is 0 Å². The van der Waals surface area contributed by atoms with E-state index in [9.17, 15) is 18.3 Å². The highest BCUT2D eigenvalue weighted by Gasteiger charge is 2.28. The third kappa shape index (κ3) is 3.88. The molecule has 86 valence electrons. The number of rotatable bonds is 4. The summed E-state index contributed by atoms with van der Waals surface area (Å²) in [6.45, 7) is -1.42. The molecule has 0 fully saturated rings. The molecule has 0 aliphatic heterocycles. The molecule has 0 aliphatic carbocycles. The largest absolute Gasteiger partial charge is 0.408 e. The SMILES string of the molecule is OCC[C@H](O)c1ccn(CC(F)(F)F)n1. The van der Waals surface area contributed by atoms with Crippen molar-refractivity contribution < 1.29 is 23.4 Å². The minimum absolute atomic E-state index is 0.0586. The maximum Gasteiger partial charge on any atom is 0.408 e. The molecule has 7 heteroatoms. The van der Waals surface area contributed by atoms with Crippen LogP contribution in [0.2, 0.25) is 0 Å². The highest BCUT2D eigenvalue weighted by molar-refractivity contribution is 5.02. The molecule has 0 unspecified atom stereocenters. The van der Waals surface area contributed by atoms with E-state index in [-0.39, 0.29) is 18.7 Å². The molecule has 15 heavy (non-hydrogen) atoms. The van der Waals surface area contributed by atoms with E-state index in [4.69, 9.17) is 5.11 Å². The molecule has 0 aromatic carbocycles. The van der Waals surface area contributed by atoms with Crippen LogP contribution in [-0.2, 0) is 6.54 Å². The highest BCUT2D eigenvalue weighted by atomic mass is 19.4. The molecule has 1 aromatic heterocycles. The van der Waals surface area contributed by atoms with E-state index in [0.29, 0.717) is 4.68 Å². The minimum Gasteiger partial charge on any atom is -0.396 e. The average Bonchev–Trinajstić information content (AvgIpc) is 2.50. The van der Waals surface area contributed by atoms with Gasteiger partial charge in [-0.25, -0.2) is 0 Å². The van der Waals surface area contributed by atoms with Crippen LogP contribution in [0.3, 0.4) is 0 Å². The van der Waals surface area contributed by atoms with E-state index in [1.807, 2.05) is 0 Å². The average molecular weight is 224 g/mol. The summed E-state index contributed by atoms with van der Waals surface area (Å²) in [5.74, 6) is 0. The first kappa shape index (κ1) is 12.0. The Balaban J connectivity index is 2.64. The van der Waals surface area contributed by atoms with Crippen LogP contribution >= 0.6 is 0 Å². The first-order valence-electron chi connectivity index (χ1n) is 4.31. The van der Waals surface area contributed by atoms with Crippen molar-refractivity contribution in [3.8, 4) is 0 Å². The number of nitrogens with zero attached hydrogens (tertiary/aromatic N) is 2. The Morgan fingerprint density at radius 3 is 2.67 bits per heavy atom. The summed E-state index contributed by atoms with van der Waals surface area (Å²) >= 11 is 0. The lowest BCUT2D eigenvalue weighted by atomic mass is 10.2. The summed E-state index contributed by atoms with van der Waals surface area (Å²) in [5, 5.41) is 21.4. The Kier molecular flexibility index (Phi) is 3.70. The fraction of sp³-hybridized carbons (Fsp3) is 0.625. The fourth-order valence-corrected chi connectivity index (χ4v) is 1.10. The summed E-state index contributed by atoms with van der Waals surface area (Å²) < 4.78 is 36.5. The molecular weight excluding hydrogens is 213 g/mol. The molecule has 0 radical (unpaired) electrons. The lowest BCUT2D eigenvalue weighted by Crippen LogP contribution is -2.18. The van der Waals surface area contributed by atoms with Gasteiger partial charge in [-0.15, -0.1) is 0 Å². The van der Waals surface area contributed by atoms with Gasteiger partial charge in [0.1, 0.15) is 6.54 Å². The van der Waals surface area contributed by atoms with Crippen LogP contribution in [0, 0.1) is 0 Å². The minimum atomic E-state index is -4.33. The van der Waals surface area contributed by atoms with Crippen molar-refractivity contribution in [2.45, 2.75) is 25.2 Å². The molecule has 0 saturated carbocycles. The summed E-state index contributed by atoms with van der Waals surface area (Å²) in [6.07, 6.45) is -4.15. The van der Waals surface area contributed by atoms with E-state index in [1.165, 1.54) is 6.07 Å². The Labute approximate surface area is 83.9 Å². The van der Waals surface area contributed by atoms with Gasteiger partial charge in [-0.1, -0.05) is 0 Å². The predicted octanol–water partition coefficient (Wildman–Crippen LogP) is 0.861. The maximum absolute atomic E-state index is 11.9. The molecule has 0 aliphatic rings. The topological polar surface area (TPSA) is 58.3 Å². The molecule has 0 bridgehead atoms. The number of aliphatic hydroxyl groups is 2. The number of aliphatic hydroxyl groups excluding tert-OH is 2. The summed E-state index contributed by atoms with van der Waals surface area (Å²) in [7, 11) is 0. The summed E-state index contributed by atoms with van der Waals surface area (Å²) in [6, 6.07) is 1.30. The molecule has 0 saturated heterocycles. The Bertz CT molecular complexity index is 311. The molecule has 1 atom stereocenters. The fourth-order valence-electron chi connectivity index (χ4n) is 1.10. The van der Waals surface area contributed by atoms with Gasteiger partial charge >= 0.3 is 6.18 Å². The van der Waals surface area contributed by atoms with Gasteiger partial charge in [-0.3, -0.25) is 4.68 Å². The second-order valence-corrected chi connectivity index (χ2v) is 3.08. The van der Waals surface area contributed by atoms with Gasteiger partial charge in [0.05, 0.1) is 11.8 Å². The third-order valence-electron chi connectivity index (χ3n) is 1.75. The first-order valence-corrected chi connectivity index (χ1v) is 4.31. The van der Waals surface area contributed by atoms with Crippen LogP contribution < -0.4 is 0 Å². The zero-order valence-corrected chi connectivity index (χ0v) is 7.78. The molecule has 1 heterocycles. The van der Waals surface area contributed by atoms with Crippen molar-refractivity contribution in [2.75, 3.05) is 6.61 Å². The molecular formula is C8H11F3N2O2. The Morgan fingerprint density at radius 1 is 1.47 bits per heavy atom. The summed E-state index contributed by atoms with van der Waals surface area (Å²) in [5.41, 5.74) is 0.133. The normalized spacial score (nSPS) is 14.2. The number of alkyl halides is 3. The van der Waals surface area contributed by atoms with E-state index >= 15 is 0 Å². The molecule has 0 spiro atoms. The van der Waals surface area contributed by atoms with Crippen molar-refractivity contribution in [1.29, 1.82) is 0 Å². The standard InChI is InChI=1S/C8H11F3N2O2/c9-8(10,11)5-13-3-1-6(12-13)7(15)2-4-14/h1,3,7,14-15H,2,4-5H2/t7-/m0/s1. The second kappa shape index (κ2) is 4.63. The zero-order valence-electron chi connectivity index (χ0n) is 7.78. The van der Waals surface area contributed by atoms with Crippen LogP contribution in [0.4, 0.5) is 13.2 Å². The lowest BCUT2D eigenvalue weighted by molar-refractivity contribution is -0.142. The summed E-state index contributed by atoms with van der Waals surface area (Å²) in [4.78, 5) is 0. The Morgan fingerprint density at radius 2 is 2.13 bits per heavy atom. The van der Waals surface area contributed by atoms with Crippen molar-refractivity contribution >= 4 is 0 Å². The van der Waals surface area contributed by atoms with Gasteiger partial charge in [-0.2, -0.15) is 18.3 Å². The third-order valence-corrected chi connectivity index (χ3v) is 1.75. The van der Waals surface area contributed by atoms with Gasteiger partial charge in [0, 0.05) is 19.2 Å². The zero-order chi connectivity index (χ0) is 11.5. The molecule has 0 amide bonds. The molecule has 1 rings (SSSR count). The quantitative estimate of drug-likeness (QED) is 0.797. The van der Waals surface area contributed by atoms with E-state index in [2.05, 4.69) is 5.10 Å². The van der Waals surface area contributed by atoms with Crippen molar-refractivity contribution in [2.24, 2.45) is 0 Å². The van der Waals surface area contributed by atoms with Crippen LogP contribution in [0.15, 0.2) is 12.3 Å². The van der Waals surface area contributed by atoms with Crippen molar-refractivity contribution in [1.82, 2.24) is 9.78 Å². The van der Waals surface area contributed by atoms with Crippen LogP contribution in [-0.4, -0.2) is 32.8 Å². The van der Waals surface area contributed by atoms with Gasteiger partial charge < -0.3 is 10.2 Å². The van der Waals surface area contributed by atoms with Gasteiger partial charge in [0.2, 0.25) is 0 Å². The monoisotopic (exact) mass is 224 g/mol. The number of aromatic nitrogens is 2. The number of hydrogen-bond donors (Lipinski definition) is 2. The Hall–Kier alpha value is -1.08. The van der Waals surface area contributed by atoms with Gasteiger partial charge in [0.15, 0.2) is 0 Å². The molecule has 1 aromatic rings. The molecule has 4 nitrogen and oxygen atoms in total. The van der Waals surface area contributed by atoms with Gasteiger partial charge in [-0.05, 0) is 6.07 Å². The van der Waals surface area contributed by atoms with Crippen LogP contribution in [0.5, 0.6) is 0 Å². The smallest absolute Gasteiger partial charge is 0.396 e. The van der Waals surface area contributed by atoms with Crippen molar-refractivity contribution in [3.05, 3.63) is 18.0 Å². The first-order chi connectivity index (χ1) is 6.92. The second-order valence-electron chi connectivity index (χ2n) is 3.08. The highest BCUT2D eigenvalue weighted by Crippen LogP contribution is 2.19. The number of halogens is 3. The van der Waals surface area contributed by atoms with Crippen molar-refractivity contribution in [3.63, 3.8) is 0 Å². The molecule has 2 N–H and O–H groups in total. The lowest BCUT2D eigenvalue weighted by Gasteiger charge is -2.07. The predicted molar refractivity (Wildman–Crippen MR) is 44.9 cm³/mol. The van der Waals surface area contributed by atoms with E-state index < -0.39 is 18.8 Å². The van der Waals surface area contributed by atoms with Gasteiger partial charge in [0.25, 0.3) is 0 Å².